The third kappa shape index (κ3) is 1.36. The van der Waals surface area contributed by atoms with Gasteiger partial charge < -0.3 is 10.4 Å². The van der Waals surface area contributed by atoms with Crippen LogP contribution in [0.3, 0.4) is 0 Å². The zero-order chi connectivity index (χ0) is 9.26. The molecule has 4 nitrogen and oxygen atoms in total. The zero-order valence-electron chi connectivity index (χ0n) is 7.46. The summed E-state index contributed by atoms with van der Waals surface area (Å²) in [6.07, 6.45) is 0.917. The molecule has 1 heterocycles. The number of aromatic nitrogens is 2. The fourth-order valence-corrected chi connectivity index (χ4v) is 1.32. The Morgan fingerprint density at radius 2 is 2.38 bits per heavy atom. The normalized spacial score (nSPS) is 10.6. The second-order valence-electron chi connectivity index (χ2n) is 2.91. The van der Waals surface area contributed by atoms with E-state index in [9.17, 15) is 0 Å². The summed E-state index contributed by atoms with van der Waals surface area (Å²) in [5, 5.41) is 0. The number of aromatic amines is 1. The Morgan fingerprint density at radius 3 is 3.08 bits per heavy atom. The SMILES string of the molecule is CCc1nc2ccc(NN)cc2[nH]1. The lowest BCUT2D eigenvalue weighted by Crippen LogP contribution is -2.05. The maximum absolute atomic E-state index is 5.30. The molecule has 0 aliphatic carbocycles. The molecule has 2 rings (SSSR count). The number of anilines is 1. The van der Waals surface area contributed by atoms with Crippen LogP contribution >= 0.6 is 0 Å². The summed E-state index contributed by atoms with van der Waals surface area (Å²) >= 11 is 0. The van der Waals surface area contributed by atoms with Crippen LogP contribution in [0.5, 0.6) is 0 Å². The number of imidazole rings is 1. The standard InChI is InChI=1S/C9H12N4/c1-2-9-11-7-4-3-6(13-10)5-8(7)12-9/h3-5,13H,2,10H2,1H3,(H,11,12). The lowest BCUT2D eigenvalue weighted by molar-refractivity contribution is 1.00. The van der Waals surface area contributed by atoms with Gasteiger partial charge in [0.15, 0.2) is 0 Å². The van der Waals surface area contributed by atoms with E-state index < -0.39 is 0 Å². The fourth-order valence-electron chi connectivity index (χ4n) is 1.32. The van der Waals surface area contributed by atoms with Crippen molar-refractivity contribution in [3.05, 3.63) is 24.0 Å². The number of H-pyrrole nitrogens is 1. The van der Waals surface area contributed by atoms with Gasteiger partial charge in [-0.1, -0.05) is 6.92 Å². The second-order valence-corrected chi connectivity index (χ2v) is 2.91. The fraction of sp³-hybridized carbons (Fsp3) is 0.222. The van der Waals surface area contributed by atoms with Crippen molar-refractivity contribution >= 4 is 16.7 Å². The van der Waals surface area contributed by atoms with E-state index in [0.29, 0.717) is 0 Å². The predicted molar refractivity (Wildman–Crippen MR) is 53.3 cm³/mol. The van der Waals surface area contributed by atoms with Crippen molar-refractivity contribution in [2.24, 2.45) is 5.84 Å². The largest absolute Gasteiger partial charge is 0.342 e. The van der Waals surface area contributed by atoms with Gasteiger partial charge in [0.1, 0.15) is 5.82 Å². The number of hydrazine groups is 1. The molecule has 0 atom stereocenters. The molecule has 0 amide bonds. The van der Waals surface area contributed by atoms with E-state index in [2.05, 4.69) is 22.3 Å². The van der Waals surface area contributed by atoms with Crippen molar-refractivity contribution in [2.45, 2.75) is 13.3 Å². The number of rotatable bonds is 2. The van der Waals surface area contributed by atoms with Gasteiger partial charge in [-0.2, -0.15) is 0 Å². The average Bonchev–Trinajstić information content (AvgIpc) is 2.58. The summed E-state index contributed by atoms with van der Waals surface area (Å²) in [7, 11) is 0. The highest BCUT2D eigenvalue weighted by atomic mass is 15.2. The Hall–Kier alpha value is -1.55. The number of nitrogens with two attached hydrogens (primary N) is 1. The molecule has 13 heavy (non-hydrogen) atoms. The Kier molecular flexibility index (Phi) is 1.90. The Bertz CT molecular complexity index is 416. The molecule has 0 unspecified atom stereocenters. The van der Waals surface area contributed by atoms with Crippen molar-refractivity contribution in [3.8, 4) is 0 Å². The molecule has 1 aromatic carbocycles. The van der Waals surface area contributed by atoms with E-state index >= 15 is 0 Å². The van der Waals surface area contributed by atoms with Crippen LogP contribution in [0.1, 0.15) is 12.7 Å². The van der Waals surface area contributed by atoms with Crippen molar-refractivity contribution in [3.63, 3.8) is 0 Å². The Labute approximate surface area is 76.1 Å². The molecular weight excluding hydrogens is 164 g/mol. The number of nitrogens with one attached hydrogen (secondary N) is 2. The van der Waals surface area contributed by atoms with Crippen LogP contribution in [0.25, 0.3) is 11.0 Å². The quantitative estimate of drug-likeness (QED) is 0.478. The van der Waals surface area contributed by atoms with Crippen LogP contribution in [-0.2, 0) is 6.42 Å². The van der Waals surface area contributed by atoms with E-state index in [0.717, 1.165) is 29.0 Å². The van der Waals surface area contributed by atoms with Crippen LogP contribution in [0.15, 0.2) is 18.2 Å². The highest BCUT2D eigenvalue weighted by Crippen LogP contribution is 2.16. The molecule has 0 aliphatic heterocycles. The van der Waals surface area contributed by atoms with E-state index in [-0.39, 0.29) is 0 Å². The van der Waals surface area contributed by atoms with Gasteiger partial charge in [-0.15, -0.1) is 0 Å². The smallest absolute Gasteiger partial charge is 0.106 e. The summed E-state index contributed by atoms with van der Waals surface area (Å²) in [6.45, 7) is 2.07. The van der Waals surface area contributed by atoms with Crippen LogP contribution in [-0.4, -0.2) is 9.97 Å². The van der Waals surface area contributed by atoms with E-state index in [1.165, 1.54) is 0 Å². The molecule has 4 heteroatoms. The first-order valence-electron chi connectivity index (χ1n) is 4.28. The number of fused-ring (bicyclic) bond motifs is 1. The first-order valence-corrected chi connectivity index (χ1v) is 4.28. The van der Waals surface area contributed by atoms with Crippen LogP contribution < -0.4 is 11.3 Å². The van der Waals surface area contributed by atoms with Crippen LogP contribution in [0, 0.1) is 0 Å². The second kappa shape index (κ2) is 3.06. The molecule has 4 N–H and O–H groups in total. The minimum absolute atomic E-state index is 0.888. The third-order valence-corrected chi connectivity index (χ3v) is 2.03. The number of hydrogen-bond acceptors (Lipinski definition) is 3. The predicted octanol–water partition coefficient (Wildman–Crippen LogP) is 1.41. The Morgan fingerprint density at radius 1 is 1.54 bits per heavy atom. The van der Waals surface area contributed by atoms with E-state index in [4.69, 9.17) is 5.84 Å². The maximum Gasteiger partial charge on any atom is 0.106 e. The molecule has 68 valence electrons. The summed E-state index contributed by atoms with van der Waals surface area (Å²) in [4.78, 5) is 7.60. The van der Waals surface area contributed by atoms with Crippen molar-refractivity contribution < 1.29 is 0 Å². The minimum Gasteiger partial charge on any atom is -0.342 e. The molecule has 0 fully saturated rings. The lowest BCUT2D eigenvalue weighted by Gasteiger charge is -1.96. The maximum atomic E-state index is 5.30. The number of aryl methyl sites for hydroxylation is 1. The molecule has 0 radical (unpaired) electrons. The van der Waals surface area contributed by atoms with Crippen LogP contribution in [0.2, 0.25) is 0 Å². The minimum atomic E-state index is 0.888. The summed E-state index contributed by atoms with van der Waals surface area (Å²) in [5.41, 5.74) is 5.49. The van der Waals surface area contributed by atoms with Crippen molar-refractivity contribution in [1.29, 1.82) is 0 Å². The first kappa shape index (κ1) is 8.07. The molecular formula is C9H12N4. The zero-order valence-corrected chi connectivity index (χ0v) is 7.46. The highest BCUT2D eigenvalue weighted by Gasteiger charge is 2.00. The first-order chi connectivity index (χ1) is 6.33. The third-order valence-electron chi connectivity index (χ3n) is 2.03. The molecule has 0 bridgehead atoms. The van der Waals surface area contributed by atoms with Crippen molar-refractivity contribution in [1.82, 2.24) is 9.97 Å². The van der Waals surface area contributed by atoms with Gasteiger partial charge in [-0.3, -0.25) is 5.84 Å². The summed E-state index contributed by atoms with van der Waals surface area (Å²) in [6, 6.07) is 5.80. The average molecular weight is 176 g/mol. The number of benzene rings is 1. The highest BCUT2D eigenvalue weighted by molar-refractivity contribution is 5.79. The van der Waals surface area contributed by atoms with Crippen LogP contribution in [0.4, 0.5) is 5.69 Å². The van der Waals surface area contributed by atoms with Gasteiger partial charge in [0.2, 0.25) is 0 Å². The van der Waals surface area contributed by atoms with Gasteiger partial charge in [0, 0.05) is 6.42 Å². The molecule has 2 aromatic rings. The molecule has 0 saturated carbocycles. The summed E-state index contributed by atoms with van der Waals surface area (Å²) in [5.74, 6) is 6.30. The molecule has 1 aromatic heterocycles. The van der Waals surface area contributed by atoms with Gasteiger partial charge in [0.05, 0.1) is 16.7 Å². The molecule has 0 spiro atoms. The number of nitrogen functional groups attached to an aromatic ring is 1. The monoisotopic (exact) mass is 176 g/mol. The van der Waals surface area contributed by atoms with Gasteiger partial charge in [-0.05, 0) is 18.2 Å². The summed E-state index contributed by atoms with van der Waals surface area (Å²) < 4.78 is 0. The van der Waals surface area contributed by atoms with E-state index in [1.54, 1.807) is 0 Å². The Balaban J connectivity index is 2.57. The van der Waals surface area contributed by atoms with Crippen molar-refractivity contribution in [2.75, 3.05) is 5.43 Å². The number of hydrogen-bond donors (Lipinski definition) is 3. The van der Waals surface area contributed by atoms with Gasteiger partial charge in [-0.25, -0.2) is 4.98 Å². The van der Waals surface area contributed by atoms with E-state index in [1.807, 2.05) is 18.2 Å². The number of nitrogens with zero attached hydrogens (tertiary/aromatic N) is 1. The lowest BCUT2D eigenvalue weighted by atomic mass is 10.3. The topological polar surface area (TPSA) is 66.7 Å². The molecule has 0 aliphatic rings. The molecule has 0 saturated heterocycles. The van der Waals surface area contributed by atoms with Gasteiger partial charge >= 0.3 is 0 Å². The van der Waals surface area contributed by atoms with Gasteiger partial charge in [0.25, 0.3) is 0 Å².